The Morgan fingerprint density at radius 2 is 1.42 bits per heavy atom. The summed E-state index contributed by atoms with van der Waals surface area (Å²) in [5.74, 6) is 1.27. The molecule has 0 N–H and O–H groups in total. The van der Waals surface area contributed by atoms with Gasteiger partial charge in [-0.3, -0.25) is 0 Å². The molecule has 0 heterocycles. The number of nitriles is 2. The quantitative estimate of drug-likeness (QED) is 0.533. The molecule has 0 unspecified atom stereocenters. The van der Waals surface area contributed by atoms with Crippen molar-refractivity contribution in [3.05, 3.63) is 23.3 Å². The summed E-state index contributed by atoms with van der Waals surface area (Å²) in [4.78, 5) is 0. The lowest BCUT2D eigenvalue weighted by Crippen LogP contribution is -2.14. The molecule has 0 aromatic heterocycles. The molecule has 0 aliphatic rings. The van der Waals surface area contributed by atoms with E-state index in [0.29, 0.717) is 28.4 Å². The summed E-state index contributed by atoms with van der Waals surface area (Å²) in [7, 11) is 7.46. The van der Waals surface area contributed by atoms with E-state index in [-0.39, 0.29) is 12.0 Å². The van der Waals surface area contributed by atoms with E-state index in [9.17, 15) is 10.5 Å². The summed E-state index contributed by atoms with van der Waals surface area (Å²) < 4.78 is 26.3. The van der Waals surface area contributed by atoms with Gasteiger partial charge >= 0.3 is 0 Å². The zero-order valence-corrected chi connectivity index (χ0v) is 14.4. The van der Waals surface area contributed by atoms with Crippen LogP contribution >= 0.6 is 0 Å². The Hall–Kier alpha value is -2.74. The van der Waals surface area contributed by atoms with Gasteiger partial charge in [0.2, 0.25) is 5.75 Å². The van der Waals surface area contributed by atoms with E-state index in [4.69, 9.17) is 23.7 Å². The molecule has 1 aromatic carbocycles. The number of ether oxygens (including phenoxy) is 5. The van der Waals surface area contributed by atoms with Gasteiger partial charge in [0.1, 0.15) is 17.7 Å². The van der Waals surface area contributed by atoms with Gasteiger partial charge in [0.25, 0.3) is 0 Å². The maximum atomic E-state index is 9.27. The van der Waals surface area contributed by atoms with Gasteiger partial charge in [0, 0.05) is 20.6 Å². The minimum absolute atomic E-state index is 0.0385. The Kier molecular flexibility index (Phi) is 7.57. The van der Waals surface area contributed by atoms with Crippen LogP contribution in [0.4, 0.5) is 0 Å². The Labute approximate surface area is 141 Å². The van der Waals surface area contributed by atoms with Crippen molar-refractivity contribution in [1.29, 1.82) is 10.5 Å². The van der Waals surface area contributed by atoms with Crippen LogP contribution in [0.3, 0.4) is 0 Å². The molecule has 0 fully saturated rings. The van der Waals surface area contributed by atoms with E-state index in [1.54, 1.807) is 12.1 Å². The standard InChI is InChI=1S/C17H20N2O5/c1-20-14-6-11(7-15(21-2)17(14)24-5)13(12(9-18)10-19)8-16(22-3)23-4/h6-7,16H,8H2,1-5H3. The topological polar surface area (TPSA) is 93.7 Å². The van der Waals surface area contributed by atoms with Gasteiger partial charge in [0.15, 0.2) is 17.8 Å². The van der Waals surface area contributed by atoms with Crippen LogP contribution in [0.1, 0.15) is 12.0 Å². The van der Waals surface area contributed by atoms with Crippen LogP contribution in [0.5, 0.6) is 17.2 Å². The van der Waals surface area contributed by atoms with Crippen LogP contribution in [-0.2, 0) is 9.47 Å². The fraction of sp³-hybridized carbons (Fsp3) is 0.412. The van der Waals surface area contributed by atoms with E-state index in [2.05, 4.69) is 0 Å². The van der Waals surface area contributed by atoms with Gasteiger partial charge in [-0.25, -0.2) is 0 Å². The van der Waals surface area contributed by atoms with Crippen LogP contribution in [0.15, 0.2) is 17.7 Å². The molecule has 0 bridgehead atoms. The average Bonchev–Trinajstić information content (AvgIpc) is 2.63. The zero-order chi connectivity index (χ0) is 18.1. The molecule has 0 atom stereocenters. The number of allylic oxidation sites excluding steroid dienone is 1. The Morgan fingerprint density at radius 1 is 0.917 bits per heavy atom. The number of hydrogen-bond acceptors (Lipinski definition) is 7. The van der Waals surface area contributed by atoms with Crippen LogP contribution in [-0.4, -0.2) is 41.8 Å². The van der Waals surface area contributed by atoms with E-state index in [1.165, 1.54) is 35.5 Å². The second kappa shape index (κ2) is 9.41. The molecule has 0 aliphatic carbocycles. The first-order valence-electron chi connectivity index (χ1n) is 6.99. The maximum absolute atomic E-state index is 9.27. The lowest BCUT2D eigenvalue weighted by atomic mass is 9.96. The first-order chi connectivity index (χ1) is 11.6. The summed E-state index contributed by atoms with van der Waals surface area (Å²) in [6.07, 6.45) is -0.391. The summed E-state index contributed by atoms with van der Waals surface area (Å²) >= 11 is 0. The van der Waals surface area contributed by atoms with Crippen LogP contribution < -0.4 is 14.2 Å². The highest BCUT2D eigenvalue weighted by Gasteiger charge is 2.20. The minimum atomic E-state index is -0.601. The third-order valence-corrected chi connectivity index (χ3v) is 3.44. The molecular formula is C17H20N2O5. The first-order valence-corrected chi connectivity index (χ1v) is 6.99. The molecule has 7 heteroatoms. The van der Waals surface area contributed by atoms with E-state index in [0.717, 1.165) is 0 Å². The van der Waals surface area contributed by atoms with Crippen molar-refractivity contribution >= 4 is 5.57 Å². The number of nitrogens with zero attached hydrogens (tertiary/aromatic N) is 2. The monoisotopic (exact) mass is 332 g/mol. The zero-order valence-electron chi connectivity index (χ0n) is 14.4. The molecule has 0 amide bonds. The van der Waals surface area contributed by atoms with Crippen LogP contribution in [0.2, 0.25) is 0 Å². The molecule has 128 valence electrons. The normalized spacial score (nSPS) is 9.83. The number of hydrogen-bond donors (Lipinski definition) is 0. The Balaban J connectivity index is 3.58. The van der Waals surface area contributed by atoms with Gasteiger partial charge in [-0.15, -0.1) is 0 Å². The Morgan fingerprint density at radius 3 is 1.75 bits per heavy atom. The molecule has 0 spiro atoms. The summed E-state index contributed by atoms with van der Waals surface area (Å²) in [5.41, 5.74) is 1.01. The molecule has 0 aliphatic heterocycles. The molecule has 7 nitrogen and oxygen atoms in total. The fourth-order valence-electron chi connectivity index (χ4n) is 2.21. The average molecular weight is 332 g/mol. The fourth-order valence-corrected chi connectivity index (χ4v) is 2.21. The third kappa shape index (κ3) is 4.17. The summed E-state index contributed by atoms with van der Waals surface area (Å²) in [6, 6.07) is 7.15. The van der Waals surface area contributed by atoms with Gasteiger partial charge < -0.3 is 23.7 Å². The second-order valence-corrected chi connectivity index (χ2v) is 4.60. The molecule has 0 saturated heterocycles. The third-order valence-electron chi connectivity index (χ3n) is 3.44. The number of rotatable bonds is 8. The largest absolute Gasteiger partial charge is 0.493 e. The Bertz CT molecular complexity index is 640. The van der Waals surface area contributed by atoms with Crippen molar-refractivity contribution in [2.75, 3.05) is 35.5 Å². The SMILES string of the molecule is COc1cc(C(CC(OC)OC)=C(C#N)C#N)cc(OC)c1OC. The summed E-state index contributed by atoms with van der Waals surface area (Å²) in [6.45, 7) is 0. The smallest absolute Gasteiger partial charge is 0.203 e. The molecule has 1 aromatic rings. The molecule has 1 rings (SSSR count). The molecular weight excluding hydrogens is 312 g/mol. The van der Waals surface area contributed by atoms with E-state index >= 15 is 0 Å². The van der Waals surface area contributed by atoms with Gasteiger partial charge in [-0.1, -0.05) is 0 Å². The van der Waals surface area contributed by atoms with Crippen molar-refractivity contribution in [3.63, 3.8) is 0 Å². The van der Waals surface area contributed by atoms with Gasteiger partial charge in [-0.2, -0.15) is 10.5 Å². The predicted molar refractivity (Wildman–Crippen MR) is 86.7 cm³/mol. The number of methoxy groups -OCH3 is 5. The molecule has 0 radical (unpaired) electrons. The van der Waals surface area contributed by atoms with Crippen molar-refractivity contribution < 1.29 is 23.7 Å². The number of benzene rings is 1. The van der Waals surface area contributed by atoms with E-state index < -0.39 is 6.29 Å². The van der Waals surface area contributed by atoms with Crippen LogP contribution in [0, 0.1) is 22.7 Å². The highest BCUT2D eigenvalue weighted by atomic mass is 16.7. The second-order valence-electron chi connectivity index (χ2n) is 4.60. The first kappa shape index (κ1) is 19.3. The van der Waals surface area contributed by atoms with Crippen molar-refractivity contribution in [3.8, 4) is 29.4 Å². The van der Waals surface area contributed by atoms with Gasteiger partial charge in [-0.05, 0) is 23.3 Å². The summed E-state index contributed by atoms with van der Waals surface area (Å²) in [5, 5.41) is 18.5. The van der Waals surface area contributed by atoms with Gasteiger partial charge in [0.05, 0.1) is 21.3 Å². The van der Waals surface area contributed by atoms with Crippen LogP contribution in [0.25, 0.3) is 5.57 Å². The van der Waals surface area contributed by atoms with Crippen molar-refractivity contribution in [1.82, 2.24) is 0 Å². The molecule has 0 saturated carbocycles. The highest BCUT2D eigenvalue weighted by Crippen LogP contribution is 2.41. The maximum Gasteiger partial charge on any atom is 0.203 e. The van der Waals surface area contributed by atoms with Crippen molar-refractivity contribution in [2.45, 2.75) is 12.7 Å². The molecule has 24 heavy (non-hydrogen) atoms. The highest BCUT2D eigenvalue weighted by molar-refractivity contribution is 5.78. The lowest BCUT2D eigenvalue weighted by molar-refractivity contribution is -0.0971. The minimum Gasteiger partial charge on any atom is -0.493 e. The van der Waals surface area contributed by atoms with Crippen molar-refractivity contribution in [2.24, 2.45) is 0 Å². The lowest BCUT2D eigenvalue weighted by Gasteiger charge is -2.18. The van der Waals surface area contributed by atoms with E-state index in [1.807, 2.05) is 12.1 Å². The predicted octanol–water partition coefficient (Wildman–Crippen LogP) is 2.52.